The second kappa shape index (κ2) is 15.2. The van der Waals surface area contributed by atoms with E-state index in [0.29, 0.717) is 26.9 Å². The molecule has 5 aromatic rings. The quantitative estimate of drug-likeness (QED) is 0.104. The second-order valence-electron chi connectivity index (χ2n) is 10.2. The zero-order chi connectivity index (χ0) is 32.5. The number of thioether (sulfide) groups is 1. The predicted octanol–water partition coefficient (Wildman–Crippen LogP) is 8.67. The Bertz CT molecular complexity index is 1900. The first kappa shape index (κ1) is 32.2. The average molecular weight is 650 g/mol. The fraction of sp³-hybridized carbons (Fsp3) is 0.0541. The van der Waals surface area contributed by atoms with E-state index in [-0.39, 0.29) is 17.2 Å². The third-order valence-electron chi connectivity index (χ3n) is 6.88. The number of benzene rings is 5. The minimum atomic E-state index is -0.650. The third kappa shape index (κ3) is 8.50. The van der Waals surface area contributed by atoms with Gasteiger partial charge in [-0.1, -0.05) is 90.5 Å². The highest BCUT2D eigenvalue weighted by Crippen LogP contribution is 2.37. The molecule has 3 amide bonds. The van der Waals surface area contributed by atoms with Crippen molar-refractivity contribution < 1.29 is 18.8 Å². The molecule has 46 heavy (non-hydrogen) atoms. The lowest BCUT2D eigenvalue weighted by atomic mass is 10.1. The van der Waals surface area contributed by atoms with Crippen LogP contribution in [0.3, 0.4) is 0 Å². The molecule has 0 heterocycles. The number of nitrogens with one attached hydrogen (secondary N) is 3. The maximum Gasteiger partial charge on any atom is 0.272 e. The number of halogens is 2. The maximum atomic E-state index is 14.5. The molecule has 0 fully saturated rings. The van der Waals surface area contributed by atoms with Gasteiger partial charge in [-0.05, 0) is 72.7 Å². The SMILES string of the molecule is Cc1ccc(Cl)cc1NC(=O)C(Sc1cccc(NC(=O)/C(=C/c2ccccc2F)NC(=O)c2ccccc2)c1)c1ccccc1. The van der Waals surface area contributed by atoms with Crippen LogP contribution < -0.4 is 16.0 Å². The van der Waals surface area contributed by atoms with Crippen molar-refractivity contribution in [2.45, 2.75) is 17.1 Å². The van der Waals surface area contributed by atoms with Crippen LogP contribution in [0.5, 0.6) is 0 Å². The Balaban J connectivity index is 1.39. The lowest BCUT2D eigenvalue weighted by Gasteiger charge is -2.19. The molecule has 0 bridgehead atoms. The van der Waals surface area contributed by atoms with Gasteiger partial charge in [0.15, 0.2) is 0 Å². The molecular weight excluding hydrogens is 621 g/mol. The summed E-state index contributed by atoms with van der Waals surface area (Å²) in [7, 11) is 0. The average Bonchev–Trinajstić information content (AvgIpc) is 3.07. The topological polar surface area (TPSA) is 87.3 Å². The number of rotatable bonds is 10. The van der Waals surface area contributed by atoms with Crippen molar-refractivity contribution in [1.29, 1.82) is 0 Å². The molecule has 0 aliphatic rings. The monoisotopic (exact) mass is 649 g/mol. The number of amides is 3. The Morgan fingerprint density at radius 2 is 1.48 bits per heavy atom. The number of hydrogen-bond acceptors (Lipinski definition) is 4. The summed E-state index contributed by atoms with van der Waals surface area (Å²) in [5.74, 6) is -1.95. The lowest BCUT2D eigenvalue weighted by Crippen LogP contribution is -2.30. The van der Waals surface area contributed by atoms with Crippen molar-refractivity contribution in [2.24, 2.45) is 0 Å². The standard InChI is InChI=1S/C37H29ClFN3O3S/c1-24-19-20-28(38)22-32(24)41-37(45)34(25-11-4-2-5-12-25)46-30-17-10-16-29(23-30)40-36(44)33(21-27-15-8-9-18-31(27)39)42-35(43)26-13-6-3-7-14-26/h2-23,34H,1H3,(H,40,44)(H,41,45)(H,42,43)/b33-21-. The summed E-state index contributed by atoms with van der Waals surface area (Å²) in [4.78, 5) is 40.8. The Morgan fingerprint density at radius 1 is 0.783 bits per heavy atom. The molecule has 1 atom stereocenters. The first-order chi connectivity index (χ1) is 22.3. The van der Waals surface area contributed by atoms with Crippen molar-refractivity contribution in [2.75, 3.05) is 10.6 Å². The smallest absolute Gasteiger partial charge is 0.272 e. The van der Waals surface area contributed by atoms with E-state index in [9.17, 15) is 18.8 Å². The van der Waals surface area contributed by atoms with E-state index in [2.05, 4.69) is 16.0 Å². The maximum absolute atomic E-state index is 14.5. The van der Waals surface area contributed by atoms with Crippen LogP contribution in [0.1, 0.15) is 32.3 Å². The Morgan fingerprint density at radius 3 is 2.22 bits per heavy atom. The summed E-state index contributed by atoms with van der Waals surface area (Å²) >= 11 is 7.49. The van der Waals surface area contributed by atoms with Gasteiger partial charge in [-0.25, -0.2) is 4.39 Å². The molecule has 0 aliphatic heterocycles. The summed E-state index contributed by atoms with van der Waals surface area (Å²) in [6.45, 7) is 1.89. The van der Waals surface area contributed by atoms with Crippen LogP contribution in [0.15, 0.2) is 138 Å². The van der Waals surface area contributed by atoms with E-state index in [4.69, 9.17) is 11.6 Å². The van der Waals surface area contributed by atoms with Crippen LogP contribution in [0.2, 0.25) is 5.02 Å². The molecule has 0 spiro atoms. The van der Waals surface area contributed by atoms with E-state index in [0.717, 1.165) is 11.1 Å². The molecule has 1 unspecified atom stereocenters. The molecule has 5 rings (SSSR count). The van der Waals surface area contributed by atoms with E-state index >= 15 is 0 Å². The number of anilines is 2. The fourth-order valence-electron chi connectivity index (χ4n) is 4.50. The molecule has 3 N–H and O–H groups in total. The van der Waals surface area contributed by atoms with Crippen LogP contribution in [-0.4, -0.2) is 17.7 Å². The van der Waals surface area contributed by atoms with Crippen molar-refractivity contribution >= 4 is 58.5 Å². The van der Waals surface area contributed by atoms with E-state index < -0.39 is 22.9 Å². The fourth-order valence-corrected chi connectivity index (χ4v) is 5.76. The van der Waals surface area contributed by atoms with Gasteiger partial charge in [0, 0.05) is 32.4 Å². The highest BCUT2D eigenvalue weighted by Gasteiger charge is 2.23. The molecule has 230 valence electrons. The van der Waals surface area contributed by atoms with Gasteiger partial charge in [0.25, 0.3) is 11.8 Å². The molecular formula is C37H29ClFN3O3S. The molecule has 0 saturated carbocycles. The minimum absolute atomic E-state index is 0.136. The Kier molecular flexibility index (Phi) is 10.7. The number of hydrogen-bond donors (Lipinski definition) is 3. The molecule has 0 saturated heterocycles. The number of carbonyl (C=O) groups excluding carboxylic acids is 3. The highest BCUT2D eigenvalue weighted by molar-refractivity contribution is 8.00. The first-order valence-corrected chi connectivity index (χ1v) is 15.6. The van der Waals surface area contributed by atoms with Gasteiger partial charge in [0.1, 0.15) is 16.8 Å². The summed E-state index contributed by atoms with van der Waals surface area (Å²) in [5, 5.41) is 8.30. The summed E-state index contributed by atoms with van der Waals surface area (Å²) < 4.78 is 14.5. The van der Waals surface area contributed by atoms with Crippen LogP contribution in [0.25, 0.3) is 6.08 Å². The van der Waals surface area contributed by atoms with Crippen LogP contribution in [0, 0.1) is 12.7 Å². The number of aryl methyl sites for hydroxylation is 1. The number of carbonyl (C=O) groups is 3. The molecule has 6 nitrogen and oxygen atoms in total. The molecule has 0 aliphatic carbocycles. The van der Waals surface area contributed by atoms with Crippen molar-refractivity contribution in [1.82, 2.24) is 5.32 Å². The van der Waals surface area contributed by atoms with Crippen LogP contribution >= 0.6 is 23.4 Å². The van der Waals surface area contributed by atoms with Gasteiger partial charge in [0.05, 0.1) is 0 Å². The zero-order valence-electron chi connectivity index (χ0n) is 24.7. The van der Waals surface area contributed by atoms with Gasteiger partial charge in [-0.15, -0.1) is 11.8 Å². The predicted molar refractivity (Wildman–Crippen MR) is 183 cm³/mol. The largest absolute Gasteiger partial charge is 0.325 e. The van der Waals surface area contributed by atoms with Gasteiger partial charge in [0.2, 0.25) is 5.91 Å². The summed E-state index contributed by atoms with van der Waals surface area (Å²) in [6, 6.07) is 36.1. The Hall–Kier alpha value is -5.18. The van der Waals surface area contributed by atoms with E-state index in [1.807, 2.05) is 49.4 Å². The molecule has 9 heteroatoms. The summed E-state index contributed by atoms with van der Waals surface area (Å²) in [6.07, 6.45) is 1.29. The molecule has 0 radical (unpaired) electrons. The minimum Gasteiger partial charge on any atom is -0.325 e. The second-order valence-corrected chi connectivity index (χ2v) is 11.9. The van der Waals surface area contributed by atoms with Gasteiger partial charge >= 0.3 is 0 Å². The molecule has 0 aromatic heterocycles. The van der Waals surface area contributed by atoms with Crippen LogP contribution in [-0.2, 0) is 9.59 Å². The summed E-state index contributed by atoms with van der Waals surface area (Å²) in [5.41, 5.74) is 3.03. The highest BCUT2D eigenvalue weighted by atomic mass is 35.5. The van der Waals surface area contributed by atoms with Gasteiger partial charge in [-0.3, -0.25) is 14.4 Å². The zero-order valence-corrected chi connectivity index (χ0v) is 26.2. The van der Waals surface area contributed by atoms with Crippen molar-refractivity contribution in [3.05, 3.63) is 166 Å². The van der Waals surface area contributed by atoms with E-state index in [1.165, 1.54) is 36.0 Å². The van der Waals surface area contributed by atoms with Gasteiger partial charge < -0.3 is 16.0 Å². The Labute approximate surface area is 275 Å². The van der Waals surface area contributed by atoms with Crippen molar-refractivity contribution in [3.8, 4) is 0 Å². The lowest BCUT2D eigenvalue weighted by molar-refractivity contribution is -0.116. The van der Waals surface area contributed by atoms with E-state index in [1.54, 1.807) is 66.7 Å². The normalized spacial score (nSPS) is 11.8. The van der Waals surface area contributed by atoms with Crippen molar-refractivity contribution in [3.63, 3.8) is 0 Å². The van der Waals surface area contributed by atoms with Gasteiger partial charge in [-0.2, -0.15) is 0 Å². The third-order valence-corrected chi connectivity index (χ3v) is 8.36. The van der Waals surface area contributed by atoms with Crippen LogP contribution in [0.4, 0.5) is 15.8 Å². The first-order valence-electron chi connectivity index (χ1n) is 14.3. The molecule has 5 aromatic carbocycles.